The maximum absolute atomic E-state index is 11.7. The number of benzene rings is 1. The molecule has 1 aromatic carbocycles. The van der Waals surface area contributed by atoms with E-state index in [9.17, 15) is 14.9 Å². The van der Waals surface area contributed by atoms with Crippen LogP contribution in [0.2, 0.25) is 0 Å². The van der Waals surface area contributed by atoms with Crippen LogP contribution in [0.4, 0.5) is 5.69 Å². The van der Waals surface area contributed by atoms with Gasteiger partial charge in [-0.15, -0.1) is 0 Å². The average Bonchev–Trinajstić information content (AvgIpc) is 2.74. The first-order chi connectivity index (χ1) is 13.9. The summed E-state index contributed by atoms with van der Waals surface area (Å²) in [6, 6.07) is 6.03. The number of non-ortho nitro benzene ring substituents is 1. The molecule has 7 nitrogen and oxygen atoms in total. The molecule has 0 fully saturated rings. The number of esters is 1. The van der Waals surface area contributed by atoms with E-state index in [0.29, 0.717) is 22.3 Å². The van der Waals surface area contributed by atoms with Gasteiger partial charge in [-0.25, -0.2) is 9.78 Å². The molecule has 29 heavy (non-hydrogen) atoms. The molecule has 1 aromatic heterocycles. The molecule has 8 heteroatoms. The van der Waals surface area contributed by atoms with Crippen molar-refractivity contribution in [3.05, 3.63) is 57.6 Å². The van der Waals surface area contributed by atoms with E-state index in [1.807, 2.05) is 45.3 Å². The standard InChI is InChI=1S/C19H20N2O5S.C2H6/c1-5-9-27-18(6-2)16-11-17(26-12(3)19(22)25-4)14-10-13(21(23)24)7-8-15(14)20-16;1-2/h5-12H,1-4H3;1-2H3/b9-5-,18-6-;. The van der Waals surface area contributed by atoms with Crippen molar-refractivity contribution in [3.63, 3.8) is 0 Å². The number of nitro benzene ring substituents is 1. The molecule has 0 aliphatic rings. The topological polar surface area (TPSA) is 91.6 Å². The van der Waals surface area contributed by atoms with Gasteiger partial charge in [-0.2, -0.15) is 0 Å². The van der Waals surface area contributed by atoms with Crippen LogP contribution in [0, 0.1) is 10.1 Å². The first-order valence-electron chi connectivity index (χ1n) is 9.19. The van der Waals surface area contributed by atoms with Crippen LogP contribution in [-0.2, 0) is 9.53 Å². The molecule has 0 saturated heterocycles. The van der Waals surface area contributed by atoms with Crippen LogP contribution >= 0.6 is 11.8 Å². The average molecular weight is 419 g/mol. The fourth-order valence-corrected chi connectivity index (χ4v) is 2.99. The third-order valence-electron chi connectivity index (χ3n) is 3.65. The normalized spacial score (nSPS) is 12.3. The lowest BCUT2D eigenvalue weighted by atomic mass is 10.1. The summed E-state index contributed by atoms with van der Waals surface area (Å²) in [6.07, 6.45) is 2.96. The van der Waals surface area contributed by atoms with E-state index in [2.05, 4.69) is 4.98 Å². The SMILES string of the molecule is C/C=C\S/C(=C\C)c1cc(OC(C)C(=O)OC)c2cc([N+](=O)[O-])ccc2n1.CC. The Kier molecular flexibility index (Phi) is 9.88. The molecular weight excluding hydrogens is 392 g/mol. The Hall–Kier alpha value is -2.87. The van der Waals surface area contributed by atoms with E-state index in [1.54, 1.807) is 19.1 Å². The zero-order valence-electron chi connectivity index (χ0n) is 17.5. The largest absolute Gasteiger partial charge is 0.478 e. The third-order valence-corrected chi connectivity index (χ3v) is 4.75. The number of hydrogen-bond acceptors (Lipinski definition) is 7. The number of ether oxygens (including phenoxy) is 2. The molecule has 2 rings (SSSR count). The molecule has 1 unspecified atom stereocenters. The van der Waals surface area contributed by atoms with Crippen molar-refractivity contribution in [1.82, 2.24) is 4.98 Å². The predicted octanol–water partition coefficient (Wildman–Crippen LogP) is 5.74. The number of carbonyl (C=O) groups is 1. The minimum Gasteiger partial charge on any atom is -0.478 e. The van der Waals surface area contributed by atoms with E-state index in [1.165, 1.54) is 31.0 Å². The number of methoxy groups -OCH3 is 1. The van der Waals surface area contributed by atoms with Gasteiger partial charge in [0.1, 0.15) is 5.75 Å². The predicted molar refractivity (Wildman–Crippen MR) is 118 cm³/mol. The lowest BCUT2D eigenvalue weighted by molar-refractivity contribution is -0.384. The molecular formula is C21H26N2O5S. The van der Waals surface area contributed by atoms with Gasteiger partial charge in [0.05, 0.1) is 23.2 Å². The molecule has 0 aliphatic heterocycles. The smallest absolute Gasteiger partial charge is 0.346 e. The summed E-state index contributed by atoms with van der Waals surface area (Å²) in [4.78, 5) is 27.9. The van der Waals surface area contributed by atoms with Gasteiger partial charge >= 0.3 is 5.97 Å². The number of thioether (sulfide) groups is 1. The van der Waals surface area contributed by atoms with Crippen molar-refractivity contribution in [2.24, 2.45) is 0 Å². The summed E-state index contributed by atoms with van der Waals surface area (Å²) in [6.45, 7) is 9.37. The molecule has 0 N–H and O–H groups in total. The first-order valence-corrected chi connectivity index (χ1v) is 10.1. The van der Waals surface area contributed by atoms with Crippen molar-refractivity contribution in [2.75, 3.05) is 7.11 Å². The highest BCUT2D eigenvalue weighted by molar-refractivity contribution is 8.10. The van der Waals surface area contributed by atoms with Crippen LogP contribution in [0.1, 0.15) is 40.3 Å². The van der Waals surface area contributed by atoms with Crippen molar-refractivity contribution in [3.8, 4) is 5.75 Å². The summed E-state index contributed by atoms with van der Waals surface area (Å²) in [5, 5.41) is 13.5. The van der Waals surface area contributed by atoms with Crippen LogP contribution in [0.3, 0.4) is 0 Å². The van der Waals surface area contributed by atoms with Crippen LogP contribution < -0.4 is 4.74 Å². The number of nitro groups is 1. The molecule has 1 atom stereocenters. The highest BCUT2D eigenvalue weighted by atomic mass is 32.2. The molecule has 2 aromatic rings. The molecule has 1 heterocycles. The Morgan fingerprint density at radius 2 is 1.97 bits per heavy atom. The zero-order chi connectivity index (χ0) is 22.0. The number of rotatable bonds is 7. The third kappa shape index (κ3) is 6.32. The fraction of sp³-hybridized carbons (Fsp3) is 0.333. The van der Waals surface area contributed by atoms with Crippen molar-refractivity contribution < 1.29 is 19.2 Å². The number of hydrogen-bond donors (Lipinski definition) is 0. The van der Waals surface area contributed by atoms with E-state index >= 15 is 0 Å². The zero-order valence-corrected chi connectivity index (χ0v) is 18.3. The van der Waals surface area contributed by atoms with E-state index in [0.717, 1.165) is 4.91 Å². The fourth-order valence-electron chi connectivity index (χ4n) is 2.34. The van der Waals surface area contributed by atoms with Gasteiger partial charge in [0.2, 0.25) is 0 Å². The Morgan fingerprint density at radius 3 is 2.52 bits per heavy atom. The molecule has 0 aliphatic carbocycles. The van der Waals surface area contributed by atoms with E-state index < -0.39 is 17.0 Å². The number of nitrogens with zero attached hydrogens (tertiary/aromatic N) is 2. The van der Waals surface area contributed by atoms with Gasteiger partial charge in [0.25, 0.3) is 5.69 Å². The summed E-state index contributed by atoms with van der Waals surface area (Å²) < 4.78 is 10.5. The Bertz CT molecular complexity index is 925. The highest BCUT2D eigenvalue weighted by Crippen LogP contribution is 2.35. The van der Waals surface area contributed by atoms with Gasteiger partial charge in [-0.1, -0.05) is 37.8 Å². The minimum absolute atomic E-state index is 0.0813. The van der Waals surface area contributed by atoms with Gasteiger partial charge in [-0.05, 0) is 32.2 Å². The Balaban J connectivity index is 0.00000204. The summed E-state index contributed by atoms with van der Waals surface area (Å²) in [5.74, 6) is -0.210. The quantitative estimate of drug-likeness (QED) is 0.322. The maximum Gasteiger partial charge on any atom is 0.346 e. The van der Waals surface area contributed by atoms with Gasteiger partial charge < -0.3 is 9.47 Å². The molecule has 0 radical (unpaired) electrons. The first kappa shape index (κ1) is 24.2. The van der Waals surface area contributed by atoms with Crippen LogP contribution in [0.5, 0.6) is 5.75 Å². The molecule has 0 spiro atoms. The lowest BCUT2D eigenvalue weighted by Gasteiger charge is -2.16. The van der Waals surface area contributed by atoms with Crippen LogP contribution in [-0.4, -0.2) is 29.1 Å². The van der Waals surface area contributed by atoms with Gasteiger partial charge in [0, 0.05) is 28.5 Å². The van der Waals surface area contributed by atoms with Crippen molar-refractivity contribution in [2.45, 2.75) is 40.7 Å². The van der Waals surface area contributed by atoms with E-state index in [4.69, 9.17) is 9.47 Å². The number of pyridine rings is 1. The van der Waals surface area contributed by atoms with Crippen LogP contribution in [0.15, 0.2) is 41.8 Å². The lowest BCUT2D eigenvalue weighted by Crippen LogP contribution is -2.25. The number of aromatic nitrogens is 1. The van der Waals surface area contributed by atoms with Crippen LogP contribution in [0.25, 0.3) is 15.8 Å². The summed E-state index contributed by atoms with van der Waals surface area (Å²) in [7, 11) is 1.27. The second-order valence-corrected chi connectivity index (χ2v) is 6.44. The van der Waals surface area contributed by atoms with Gasteiger partial charge in [-0.3, -0.25) is 10.1 Å². The summed E-state index contributed by atoms with van der Waals surface area (Å²) in [5.41, 5.74) is 1.10. The number of allylic oxidation sites excluding steroid dienone is 2. The van der Waals surface area contributed by atoms with Crippen molar-refractivity contribution >= 4 is 39.2 Å². The minimum atomic E-state index is -0.870. The Labute approximate surface area is 175 Å². The molecule has 156 valence electrons. The van der Waals surface area contributed by atoms with E-state index in [-0.39, 0.29) is 5.69 Å². The second kappa shape index (κ2) is 11.9. The highest BCUT2D eigenvalue weighted by Gasteiger charge is 2.19. The maximum atomic E-state index is 11.7. The monoisotopic (exact) mass is 418 g/mol. The Morgan fingerprint density at radius 1 is 1.28 bits per heavy atom. The molecule has 0 saturated carbocycles. The summed E-state index contributed by atoms with van der Waals surface area (Å²) >= 11 is 1.49. The number of fused-ring (bicyclic) bond motifs is 1. The second-order valence-electron chi connectivity index (χ2n) is 5.49. The molecule has 0 amide bonds. The molecule has 0 bridgehead atoms. The number of carbonyl (C=O) groups excluding carboxylic acids is 1. The van der Waals surface area contributed by atoms with Crippen molar-refractivity contribution in [1.29, 1.82) is 0 Å². The van der Waals surface area contributed by atoms with Gasteiger partial charge in [0.15, 0.2) is 6.10 Å².